The zero-order valence-electron chi connectivity index (χ0n) is 8.04. The van der Waals surface area contributed by atoms with Crippen LogP contribution in [0.4, 0.5) is 0 Å². The highest BCUT2D eigenvalue weighted by Gasteiger charge is 2.23. The van der Waals surface area contributed by atoms with Crippen molar-refractivity contribution < 1.29 is 4.79 Å². The lowest BCUT2D eigenvalue weighted by Gasteiger charge is -2.26. The first-order valence-electron chi connectivity index (χ1n) is 4.68. The lowest BCUT2D eigenvalue weighted by Crippen LogP contribution is -2.52. The van der Waals surface area contributed by atoms with Gasteiger partial charge in [0, 0.05) is 11.1 Å². The van der Waals surface area contributed by atoms with Crippen molar-refractivity contribution in [3.05, 3.63) is 16.1 Å². The summed E-state index contributed by atoms with van der Waals surface area (Å²) in [4.78, 5) is 16.6. The van der Waals surface area contributed by atoms with Gasteiger partial charge in [-0.2, -0.15) is 0 Å². The van der Waals surface area contributed by atoms with Gasteiger partial charge < -0.3 is 10.6 Å². The molecule has 1 aromatic rings. The van der Waals surface area contributed by atoms with Crippen LogP contribution in [0.25, 0.3) is 0 Å². The molecule has 2 rings (SSSR count). The zero-order valence-corrected chi connectivity index (χ0v) is 8.86. The van der Waals surface area contributed by atoms with E-state index in [2.05, 4.69) is 15.6 Å². The number of carbonyl (C=O) groups is 1. The van der Waals surface area contributed by atoms with Gasteiger partial charge >= 0.3 is 0 Å². The van der Waals surface area contributed by atoms with Crippen LogP contribution in [-0.4, -0.2) is 23.5 Å². The molecule has 0 saturated carbocycles. The Bertz CT molecular complexity index is 333. The van der Waals surface area contributed by atoms with E-state index in [0.29, 0.717) is 6.54 Å². The van der Waals surface area contributed by atoms with E-state index in [4.69, 9.17) is 0 Å². The van der Waals surface area contributed by atoms with Crippen LogP contribution < -0.4 is 10.6 Å². The van der Waals surface area contributed by atoms with Gasteiger partial charge in [-0.15, -0.1) is 11.3 Å². The largest absolute Gasteiger partial charge is 0.350 e. The summed E-state index contributed by atoms with van der Waals surface area (Å²) in [7, 11) is 0. The third kappa shape index (κ3) is 2.10. The number of hydrogen-bond acceptors (Lipinski definition) is 4. The predicted molar refractivity (Wildman–Crippen MR) is 55.1 cm³/mol. The second kappa shape index (κ2) is 4.06. The fourth-order valence-electron chi connectivity index (χ4n) is 1.30. The first kappa shape index (κ1) is 9.61. The Morgan fingerprint density at radius 2 is 2.64 bits per heavy atom. The Labute approximate surface area is 86.7 Å². The van der Waals surface area contributed by atoms with E-state index in [9.17, 15) is 4.79 Å². The smallest absolute Gasteiger partial charge is 0.237 e. The topological polar surface area (TPSA) is 54.0 Å². The SMILES string of the molecule is Cc1ncc(CNC(=O)[C@H]2CCN2)s1. The molecule has 1 amide bonds. The van der Waals surface area contributed by atoms with Gasteiger partial charge in [0.15, 0.2) is 0 Å². The summed E-state index contributed by atoms with van der Waals surface area (Å²) in [6, 6.07) is 0.0315. The number of nitrogens with one attached hydrogen (secondary N) is 2. The fraction of sp³-hybridized carbons (Fsp3) is 0.556. The molecule has 1 atom stereocenters. The maximum Gasteiger partial charge on any atom is 0.237 e. The summed E-state index contributed by atoms with van der Waals surface area (Å²) in [5, 5.41) is 6.98. The molecule has 1 aliphatic heterocycles. The van der Waals surface area contributed by atoms with E-state index in [0.717, 1.165) is 22.9 Å². The van der Waals surface area contributed by atoms with Crippen molar-refractivity contribution in [3.63, 3.8) is 0 Å². The predicted octanol–water partition coefficient (Wildman–Crippen LogP) is 0.430. The second-order valence-corrected chi connectivity index (χ2v) is 4.68. The summed E-state index contributed by atoms with van der Waals surface area (Å²) in [5.74, 6) is 0.0994. The Balaban J connectivity index is 1.79. The highest BCUT2D eigenvalue weighted by atomic mass is 32.1. The van der Waals surface area contributed by atoms with Gasteiger partial charge in [0.2, 0.25) is 5.91 Å². The monoisotopic (exact) mass is 211 g/mol. The van der Waals surface area contributed by atoms with Crippen LogP contribution >= 0.6 is 11.3 Å². The number of amides is 1. The molecule has 1 aromatic heterocycles. The number of aryl methyl sites for hydroxylation is 1. The van der Waals surface area contributed by atoms with Crippen LogP contribution in [0.1, 0.15) is 16.3 Å². The Kier molecular flexibility index (Phi) is 2.79. The molecule has 2 heterocycles. The van der Waals surface area contributed by atoms with Gasteiger partial charge in [-0.25, -0.2) is 4.98 Å². The highest BCUT2D eigenvalue weighted by molar-refractivity contribution is 7.11. The lowest BCUT2D eigenvalue weighted by molar-refractivity contribution is -0.124. The van der Waals surface area contributed by atoms with Crippen molar-refractivity contribution in [2.75, 3.05) is 6.54 Å². The lowest BCUT2D eigenvalue weighted by atomic mass is 10.1. The number of rotatable bonds is 3. The minimum atomic E-state index is 0.0315. The van der Waals surface area contributed by atoms with E-state index in [1.807, 2.05) is 13.1 Å². The summed E-state index contributed by atoms with van der Waals surface area (Å²) < 4.78 is 0. The molecule has 0 spiro atoms. The van der Waals surface area contributed by atoms with Crippen LogP contribution in [0.5, 0.6) is 0 Å². The molecular weight excluding hydrogens is 198 g/mol. The zero-order chi connectivity index (χ0) is 9.97. The van der Waals surface area contributed by atoms with E-state index < -0.39 is 0 Å². The molecule has 2 N–H and O–H groups in total. The number of aromatic nitrogens is 1. The van der Waals surface area contributed by atoms with Crippen LogP contribution in [0, 0.1) is 6.92 Å². The molecule has 0 radical (unpaired) electrons. The minimum Gasteiger partial charge on any atom is -0.350 e. The normalized spacial score (nSPS) is 20.2. The standard InChI is InChI=1S/C9H13N3OS/c1-6-11-4-7(14-6)5-12-9(13)8-2-3-10-8/h4,8,10H,2-3,5H2,1H3,(H,12,13)/t8-/m1/s1. The van der Waals surface area contributed by atoms with Gasteiger partial charge in [-0.05, 0) is 19.9 Å². The van der Waals surface area contributed by atoms with Gasteiger partial charge in [0.05, 0.1) is 17.6 Å². The van der Waals surface area contributed by atoms with Crippen molar-refractivity contribution in [2.45, 2.75) is 25.9 Å². The molecular formula is C9H13N3OS. The molecule has 0 bridgehead atoms. The summed E-state index contributed by atoms with van der Waals surface area (Å²) in [5.41, 5.74) is 0. The third-order valence-electron chi connectivity index (χ3n) is 2.25. The molecule has 1 fully saturated rings. The number of nitrogens with zero attached hydrogens (tertiary/aromatic N) is 1. The Hall–Kier alpha value is -0.940. The molecule has 76 valence electrons. The number of thiazole rings is 1. The number of hydrogen-bond donors (Lipinski definition) is 2. The van der Waals surface area contributed by atoms with Crippen molar-refractivity contribution in [3.8, 4) is 0 Å². The van der Waals surface area contributed by atoms with Crippen molar-refractivity contribution >= 4 is 17.2 Å². The minimum absolute atomic E-state index is 0.0315. The molecule has 4 nitrogen and oxygen atoms in total. The molecule has 1 saturated heterocycles. The average molecular weight is 211 g/mol. The van der Waals surface area contributed by atoms with Crippen LogP contribution in [0.3, 0.4) is 0 Å². The van der Waals surface area contributed by atoms with Gasteiger partial charge in [0.25, 0.3) is 0 Å². The van der Waals surface area contributed by atoms with Crippen LogP contribution in [-0.2, 0) is 11.3 Å². The molecule has 0 unspecified atom stereocenters. The van der Waals surface area contributed by atoms with E-state index >= 15 is 0 Å². The summed E-state index contributed by atoms with van der Waals surface area (Å²) in [6.45, 7) is 3.52. The first-order valence-corrected chi connectivity index (χ1v) is 5.50. The third-order valence-corrected chi connectivity index (χ3v) is 3.16. The fourth-order valence-corrected chi connectivity index (χ4v) is 2.03. The maximum atomic E-state index is 11.4. The van der Waals surface area contributed by atoms with Crippen molar-refractivity contribution in [1.29, 1.82) is 0 Å². The molecule has 1 aliphatic rings. The first-order chi connectivity index (χ1) is 6.75. The quantitative estimate of drug-likeness (QED) is 0.762. The van der Waals surface area contributed by atoms with Crippen molar-refractivity contribution in [2.24, 2.45) is 0 Å². The van der Waals surface area contributed by atoms with Crippen LogP contribution in [0.15, 0.2) is 6.20 Å². The van der Waals surface area contributed by atoms with Gasteiger partial charge in [-0.3, -0.25) is 4.79 Å². The number of carbonyl (C=O) groups excluding carboxylic acids is 1. The molecule has 0 aliphatic carbocycles. The maximum absolute atomic E-state index is 11.4. The molecule has 5 heteroatoms. The second-order valence-electron chi connectivity index (χ2n) is 3.36. The Morgan fingerprint density at radius 1 is 1.86 bits per heavy atom. The van der Waals surface area contributed by atoms with E-state index in [-0.39, 0.29) is 11.9 Å². The van der Waals surface area contributed by atoms with Crippen LogP contribution in [0.2, 0.25) is 0 Å². The summed E-state index contributed by atoms with van der Waals surface area (Å²) >= 11 is 1.62. The van der Waals surface area contributed by atoms with Gasteiger partial charge in [-0.1, -0.05) is 0 Å². The summed E-state index contributed by atoms with van der Waals surface area (Å²) in [6.07, 6.45) is 2.77. The van der Waals surface area contributed by atoms with Gasteiger partial charge in [0.1, 0.15) is 0 Å². The molecule has 14 heavy (non-hydrogen) atoms. The van der Waals surface area contributed by atoms with E-state index in [1.165, 1.54) is 0 Å². The average Bonchev–Trinajstić information content (AvgIpc) is 2.45. The Morgan fingerprint density at radius 3 is 3.14 bits per heavy atom. The molecule has 0 aromatic carbocycles. The highest BCUT2D eigenvalue weighted by Crippen LogP contribution is 2.11. The van der Waals surface area contributed by atoms with E-state index in [1.54, 1.807) is 11.3 Å². The van der Waals surface area contributed by atoms with Crippen molar-refractivity contribution in [1.82, 2.24) is 15.6 Å².